The molecule has 0 bridgehead atoms. The molecule has 20 heavy (non-hydrogen) atoms. The summed E-state index contributed by atoms with van der Waals surface area (Å²) in [5, 5.41) is 12.8. The molecule has 1 amide bonds. The molecule has 1 aromatic carbocycles. The van der Waals surface area contributed by atoms with Crippen LogP contribution in [0.25, 0.3) is 0 Å². The number of rotatable bonds is 7. The van der Waals surface area contributed by atoms with Gasteiger partial charge in [-0.3, -0.25) is 4.79 Å². The molecule has 1 atom stereocenters. The normalized spacial score (nSPS) is 13.8. The van der Waals surface area contributed by atoms with Gasteiger partial charge in [-0.25, -0.2) is 0 Å². The topological polar surface area (TPSA) is 58.6 Å². The summed E-state index contributed by atoms with van der Waals surface area (Å²) in [5.74, 6) is -0.156. The highest BCUT2D eigenvalue weighted by Crippen LogP contribution is 2.23. The number of hydrogen-bond donors (Lipinski definition) is 2. The molecule has 0 aliphatic carbocycles. The molecule has 2 N–H and O–H groups in total. The Bertz CT molecular complexity index is 460. The van der Waals surface area contributed by atoms with Crippen LogP contribution in [0.2, 0.25) is 10.0 Å². The highest BCUT2D eigenvalue weighted by atomic mass is 35.5. The van der Waals surface area contributed by atoms with Crippen molar-refractivity contribution in [3.8, 4) is 0 Å². The minimum atomic E-state index is -0.587. The van der Waals surface area contributed by atoms with Gasteiger partial charge in [0.2, 0.25) is 5.91 Å². The summed E-state index contributed by atoms with van der Waals surface area (Å²) in [6.07, 6.45) is 0.621. The lowest BCUT2D eigenvalue weighted by molar-refractivity contribution is -0.123. The van der Waals surface area contributed by atoms with E-state index in [0.29, 0.717) is 23.1 Å². The van der Waals surface area contributed by atoms with Gasteiger partial charge in [-0.15, -0.1) is 0 Å². The number of ether oxygens (including phenoxy) is 1. The zero-order valence-electron chi connectivity index (χ0n) is 11.6. The van der Waals surface area contributed by atoms with Gasteiger partial charge in [0.25, 0.3) is 0 Å². The van der Waals surface area contributed by atoms with Crippen LogP contribution in [-0.4, -0.2) is 36.9 Å². The summed E-state index contributed by atoms with van der Waals surface area (Å²) in [6.45, 7) is 2.15. The number of amides is 1. The zero-order valence-corrected chi connectivity index (χ0v) is 13.1. The van der Waals surface area contributed by atoms with Crippen LogP contribution in [0.3, 0.4) is 0 Å². The minimum absolute atomic E-state index is 0.0209. The number of carbonyl (C=O) groups excluding carboxylic acids is 1. The average Bonchev–Trinajstić information content (AvgIpc) is 2.34. The van der Waals surface area contributed by atoms with Crippen molar-refractivity contribution in [3.63, 3.8) is 0 Å². The molecule has 112 valence electrons. The Hall–Kier alpha value is -0.810. The number of methoxy groups -OCH3 is 1. The van der Waals surface area contributed by atoms with Gasteiger partial charge in [0.05, 0.1) is 28.6 Å². The second-order valence-corrected chi connectivity index (χ2v) is 5.76. The summed E-state index contributed by atoms with van der Waals surface area (Å²) >= 11 is 11.7. The Morgan fingerprint density at radius 1 is 1.40 bits per heavy atom. The third kappa shape index (κ3) is 5.29. The molecule has 1 rings (SSSR count). The van der Waals surface area contributed by atoms with Crippen molar-refractivity contribution in [1.82, 2.24) is 5.32 Å². The molecule has 0 fully saturated rings. The number of halogens is 2. The van der Waals surface area contributed by atoms with Crippen LogP contribution in [0.15, 0.2) is 18.2 Å². The predicted octanol–water partition coefficient (Wildman–Crippen LogP) is 2.44. The molecule has 1 unspecified atom stereocenters. The maximum atomic E-state index is 12.0. The molecular formula is C14H19Cl2NO3. The largest absolute Gasteiger partial charge is 0.396 e. The Labute approximate surface area is 129 Å². The fourth-order valence-electron chi connectivity index (χ4n) is 1.95. The molecule has 0 saturated heterocycles. The van der Waals surface area contributed by atoms with Crippen LogP contribution < -0.4 is 5.32 Å². The molecule has 1 aromatic rings. The predicted molar refractivity (Wildman–Crippen MR) is 80.3 cm³/mol. The first-order valence-electron chi connectivity index (χ1n) is 6.25. The van der Waals surface area contributed by atoms with E-state index in [4.69, 9.17) is 33.0 Å². The second-order valence-electron chi connectivity index (χ2n) is 4.94. The van der Waals surface area contributed by atoms with Crippen LogP contribution >= 0.6 is 23.2 Å². The monoisotopic (exact) mass is 319 g/mol. The number of aliphatic hydroxyl groups excluding tert-OH is 1. The molecule has 4 nitrogen and oxygen atoms in total. The van der Waals surface area contributed by atoms with Gasteiger partial charge in [0.1, 0.15) is 0 Å². The van der Waals surface area contributed by atoms with Crippen LogP contribution in [0.4, 0.5) is 0 Å². The highest BCUT2D eigenvalue weighted by molar-refractivity contribution is 6.42. The van der Waals surface area contributed by atoms with E-state index in [9.17, 15) is 4.79 Å². The van der Waals surface area contributed by atoms with Crippen molar-refractivity contribution in [2.75, 3.05) is 20.3 Å². The van der Waals surface area contributed by atoms with Gasteiger partial charge < -0.3 is 15.2 Å². The van der Waals surface area contributed by atoms with E-state index in [0.717, 1.165) is 5.56 Å². The SMILES string of the molecule is COCC(C)(CCO)NC(=O)Cc1ccc(Cl)c(Cl)c1. The van der Waals surface area contributed by atoms with E-state index < -0.39 is 5.54 Å². The van der Waals surface area contributed by atoms with E-state index >= 15 is 0 Å². The van der Waals surface area contributed by atoms with Crippen LogP contribution in [0.5, 0.6) is 0 Å². The summed E-state index contributed by atoms with van der Waals surface area (Å²) < 4.78 is 5.08. The standard InChI is InChI=1S/C14H19Cl2NO3/c1-14(5-6-18,9-20-2)17-13(19)8-10-3-4-11(15)12(16)7-10/h3-4,7,18H,5-6,8-9H2,1-2H3,(H,17,19). The fraction of sp³-hybridized carbons (Fsp3) is 0.500. The quantitative estimate of drug-likeness (QED) is 0.811. The molecule has 0 radical (unpaired) electrons. The van der Waals surface area contributed by atoms with Crippen molar-refractivity contribution in [2.45, 2.75) is 25.3 Å². The first kappa shape index (κ1) is 17.2. The lowest BCUT2D eigenvalue weighted by atomic mass is 9.98. The smallest absolute Gasteiger partial charge is 0.224 e. The molecule has 0 saturated carbocycles. The molecule has 0 aliphatic rings. The molecule has 0 aliphatic heterocycles. The van der Waals surface area contributed by atoms with Crippen LogP contribution in [0, 0.1) is 0 Å². The molecular weight excluding hydrogens is 301 g/mol. The average molecular weight is 320 g/mol. The van der Waals surface area contributed by atoms with Crippen LogP contribution in [0.1, 0.15) is 18.9 Å². The number of benzene rings is 1. The lowest BCUT2D eigenvalue weighted by Gasteiger charge is -2.29. The summed E-state index contributed by atoms with van der Waals surface area (Å²) in [4.78, 5) is 12.0. The first-order chi connectivity index (χ1) is 9.40. The van der Waals surface area contributed by atoms with Gasteiger partial charge in [-0.05, 0) is 31.0 Å². The van der Waals surface area contributed by atoms with E-state index in [1.807, 2.05) is 6.92 Å². The summed E-state index contributed by atoms with van der Waals surface area (Å²) in [6, 6.07) is 5.09. The highest BCUT2D eigenvalue weighted by Gasteiger charge is 2.25. The van der Waals surface area contributed by atoms with Crippen molar-refractivity contribution < 1.29 is 14.6 Å². The number of hydrogen-bond acceptors (Lipinski definition) is 3. The second kappa shape index (κ2) is 7.84. The Morgan fingerprint density at radius 3 is 2.65 bits per heavy atom. The van der Waals surface area contributed by atoms with E-state index in [1.54, 1.807) is 25.3 Å². The molecule has 0 heterocycles. The Balaban J connectivity index is 2.67. The molecule has 0 spiro atoms. The molecule has 0 aromatic heterocycles. The lowest BCUT2D eigenvalue weighted by Crippen LogP contribution is -2.50. The third-order valence-electron chi connectivity index (χ3n) is 2.92. The summed E-state index contributed by atoms with van der Waals surface area (Å²) in [5.41, 5.74) is 0.192. The van der Waals surface area contributed by atoms with Gasteiger partial charge >= 0.3 is 0 Å². The maximum Gasteiger partial charge on any atom is 0.224 e. The van der Waals surface area contributed by atoms with Gasteiger partial charge in [0.15, 0.2) is 0 Å². The van der Waals surface area contributed by atoms with Crippen molar-refractivity contribution in [2.24, 2.45) is 0 Å². The van der Waals surface area contributed by atoms with Gasteiger partial charge in [-0.2, -0.15) is 0 Å². The minimum Gasteiger partial charge on any atom is -0.396 e. The van der Waals surface area contributed by atoms with Crippen molar-refractivity contribution >= 4 is 29.1 Å². The van der Waals surface area contributed by atoms with Gasteiger partial charge in [0, 0.05) is 13.7 Å². The summed E-state index contributed by atoms with van der Waals surface area (Å²) in [7, 11) is 1.56. The third-order valence-corrected chi connectivity index (χ3v) is 3.66. The number of carbonyl (C=O) groups is 1. The fourth-order valence-corrected chi connectivity index (χ4v) is 2.27. The van der Waals surface area contributed by atoms with Gasteiger partial charge in [-0.1, -0.05) is 29.3 Å². The van der Waals surface area contributed by atoms with E-state index in [1.165, 1.54) is 0 Å². The van der Waals surface area contributed by atoms with E-state index in [-0.39, 0.29) is 18.9 Å². The Morgan fingerprint density at radius 2 is 2.10 bits per heavy atom. The zero-order chi connectivity index (χ0) is 15.2. The Kier molecular flexibility index (Phi) is 6.76. The maximum absolute atomic E-state index is 12.0. The first-order valence-corrected chi connectivity index (χ1v) is 7.00. The van der Waals surface area contributed by atoms with Crippen LogP contribution in [-0.2, 0) is 16.0 Å². The number of nitrogens with one attached hydrogen (secondary N) is 1. The van der Waals surface area contributed by atoms with Crippen molar-refractivity contribution in [1.29, 1.82) is 0 Å². The van der Waals surface area contributed by atoms with Crippen molar-refractivity contribution in [3.05, 3.63) is 33.8 Å². The van der Waals surface area contributed by atoms with E-state index in [2.05, 4.69) is 5.32 Å². The molecule has 6 heteroatoms. The number of aliphatic hydroxyl groups is 1.